The van der Waals surface area contributed by atoms with E-state index in [4.69, 9.17) is 0 Å². The van der Waals surface area contributed by atoms with Crippen LogP contribution in [-0.2, 0) is 0 Å². The van der Waals surface area contributed by atoms with Crippen molar-refractivity contribution in [2.45, 2.75) is 46.1 Å². The van der Waals surface area contributed by atoms with E-state index in [0.29, 0.717) is 11.8 Å². The van der Waals surface area contributed by atoms with Gasteiger partial charge in [0.25, 0.3) is 0 Å². The van der Waals surface area contributed by atoms with E-state index in [9.17, 15) is 5.11 Å². The van der Waals surface area contributed by atoms with E-state index in [1.807, 2.05) is 6.08 Å². The molecule has 0 bridgehead atoms. The molecule has 0 saturated heterocycles. The van der Waals surface area contributed by atoms with Gasteiger partial charge in [0.15, 0.2) is 0 Å². The van der Waals surface area contributed by atoms with Gasteiger partial charge in [0.05, 0.1) is 6.10 Å². The second kappa shape index (κ2) is 6.05. The lowest BCUT2D eigenvalue weighted by atomic mass is 9.88. The van der Waals surface area contributed by atoms with Gasteiger partial charge in [-0.3, -0.25) is 0 Å². The van der Waals surface area contributed by atoms with Crippen LogP contribution in [0.15, 0.2) is 36.0 Å². The molecule has 0 aromatic rings. The molecule has 2 unspecified atom stereocenters. The highest BCUT2D eigenvalue weighted by molar-refractivity contribution is 5.21. The van der Waals surface area contributed by atoms with Crippen LogP contribution in [-0.4, -0.2) is 11.2 Å². The van der Waals surface area contributed by atoms with Gasteiger partial charge in [-0.05, 0) is 43.6 Å². The molecule has 0 heterocycles. The lowest BCUT2D eigenvalue weighted by Crippen LogP contribution is -2.11. The number of aliphatic hydroxyl groups is 1. The summed E-state index contributed by atoms with van der Waals surface area (Å²) in [6.07, 6.45) is 9.00. The smallest absolute Gasteiger partial charge is 0.0787 e. The Balaban J connectivity index is 2.82. The molecule has 1 nitrogen and oxygen atoms in total. The number of aliphatic hydroxyl groups excluding tert-OH is 1. The van der Waals surface area contributed by atoms with Gasteiger partial charge in [-0.15, -0.1) is 0 Å². The third kappa shape index (κ3) is 3.97. The van der Waals surface area contributed by atoms with Crippen molar-refractivity contribution in [1.82, 2.24) is 0 Å². The topological polar surface area (TPSA) is 20.2 Å². The van der Waals surface area contributed by atoms with E-state index in [1.54, 1.807) is 0 Å². The summed E-state index contributed by atoms with van der Waals surface area (Å²) >= 11 is 0. The monoisotopic (exact) mass is 220 g/mol. The zero-order valence-corrected chi connectivity index (χ0v) is 10.7. The first-order chi connectivity index (χ1) is 7.50. The zero-order chi connectivity index (χ0) is 12.1. The third-order valence-corrected chi connectivity index (χ3v) is 3.39. The fourth-order valence-electron chi connectivity index (χ4n) is 1.92. The molecule has 0 spiro atoms. The van der Waals surface area contributed by atoms with Gasteiger partial charge in [0.2, 0.25) is 0 Å². The Bertz CT molecular complexity index is 297. The van der Waals surface area contributed by atoms with E-state index in [1.165, 1.54) is 5.57 Å². The maximum absolute atomic E-state index is 9.86. The summed E-state index contributed by atoms with van der Waals surface area (Å²) in [4.78, 5) is 0. The predicted molar refractivity (Wildman–Crippen MR) is 70.2 cm³/mol. The first-order valence-electron chi connectivity index (χ1n) is 6.21. The fourth-order valence-corrected chi connectivity index (χ4v) is 1.92. The van der Waals surface area contributed by atoms with Crippen LogP contribution in [0.25, 0.3) is 0 Å². The van der Waals surface area contributed by atoms with Gasteiger partial charge in [-0.2, -0.15) is 0 Å². The molecular formula is C15H24O. The van der Waals surface area contributed by atoms with Crippen LogP contribution in [0, 0.1) is 11.8 Å². The van der Waals surface area contributed by atoms with Gasteiger partial charge in [0, 0.05) is 0 Å². The highest BCUT2D eigenvalue weighted by Gasteiger charge is 2.12. The highest BCUT2D eigenvalue weighted by Crippen LogP contribution is 2.23. The Hall–Kier alpha value is -0.820. The maximum Gasteiger partial charge on any atom is 0.0787 e. The van der Waals surface area contributed by atoms with Crippen molar-refractivity contribution in [1.29, 1.82) is 0 Å². The van der Waals surface area contributed by atoms with Crippen LogP contribution in [0.1, 0.15) is 40.0 Å². The second-order valence-electron chi connectivity index (χ2n) is 5.18. The second-order valence-corrected chi connectivity index (χ2v) is 5.18. The molecule has 1 aliphatic rings. The van der Waals surface area contributed by atoms with Crippen LogP contribution in [0.3, 0.4) is 0 Å². The van der Waals surface area contributed by atoms with Gasteiger partial charge in [0.1, 0.15) is 0 Å². The number of hydrogen-bond acceptors (Lipinski definition) is 1. The zero-order valence-electron chi connectivity index (χ0n) is 10.7. The average Bonchev–Trinajstić information content (AvgIpc) is 2.23. The summed E-state index contributed by atoms with van der Waals surface area (Å²) < 4.78 is 0. The predicted octanol–water partition coefficient (Wildman–Crippen LogP) is 3.86. The summed E-state index contributed by atoms with van der Waals surface area (Å²) in [5.41, 5.74) is 2.23. The molecule has 1 heteroatoms. The van der Waals surface area contributed by atoms with Gasteiger partial charge < -0.3 is 5.11 Å². The molecule has 16 heavy (non-hydrogen) atoms. The van der Waals surface area contributed by atoms with Crippen LogP contribution in [0.5, 0.6) is 0 Å². The Morgan fingerprint density at radius 1 is 1.44 bits per heavy atom. The van der Waals surface area contributed by atoms with Crippen molar-refractivity contribution >= 4 is 0 Å². The molecular weight excluding hydrogens is 196 g/mol. The van der Waals surface area contributed by atoms with Crippen molar-refractivity contribution in [3.8, 4) is 0 Å². The van der Waals surface area contributed by atoms with E-state index in [-0.39, 0.29) is 6.10 Å². The van der Waals surface area contributed by atoms with Crippen LogP contribution >= 0.6 is 0 Å². The minimum Gasteiger partial charge on any atom is -0.388 e. The Morgan fingerprint density at radius 3 is 2.75 bits per heavy atom. The Morgan fingerprint density at radius 2 is 2.12 bits per heavy atom. The molecule has 1 rings (SSSR count). The molecule has 0 amide bonds. The van der Waals surface area contributed by atoms with E-state index in [0.717, 1.165) is 24.8 Å². The molecule has 0 aromatic carbocycles. The number of rotatable bonds is 1. The lowest BCUT2D eigenvalue weighted by molar-refractivity contribution is 0.204. The SMILES string of the molecule is C=C1C=CC(C(C)C)CC=C(C)CCC1O. The summed E-state index contributed by atoms with van der Waals surface area (Å²) in [5.74, 6) is 1.18. The maximum atomic E-state index is 9.86. The quantitative estimate of drug-likeness (QED) is 0.665. The molecule has 2 atom stereocenters. The van der Waals surface area contributed by atoms with Crippen molar-refractivity contribution in [2.24, 2.45) is 11.8 Å². The van der Waals surface area contributed by atoms with Crippen molar-refractivity contribution in [2.75, 3.05) is 0 Å². The molecule has 0 fully saturated rings. The molecule has 90 valence electrons. The highest BCUT2D eigenvalue weighted by atomic mass is 16.3. The van der Waals surface area contributed by atoms with Crippen molar-refractivity contribution in [3.05, 3.63) is 36.0 Å². The normalized spacial score (nSPS) is 28.1. The molecule has 0 aliphatic heterocycles. The van der Waals surface area contributed by atoms with E-state index in [2.05, 4.69) is 39.5 Å². The first-order valence-corrected chi connectivity index (χ1v) is 6.21. The van der Waals surface area contributed by atoms with Crippen LogP contribution < -0.4 is 0 Å². The standard InChI is InChI=1S/C15H24O/c1-11(2)14-8-5-12(3)6-10-15(16)13(4)7-9-14/h5,7,9,11,14-16H,4,6,8,10H2,1-3H3. The fraction of sp³-hybridized carbons (Fsp3) is 0.600. The van der Waals surface area contributed by atoms with Crippen molar-refractivity contribution in [3.63, 3.8) is 0 Å². The summed E-state index contributed by atoms with van der Waals surface area (Å²) in [5, 5.41) is 9.86. The van der Waals surface area contributed by atoms with Gasteiger partial charge >= 0.3 is 0 Å². The third-order valence-electron chi connectivity index (χ3n) is 3.39. The minimum atomic E-state index is -0.384. The Labute approximate surface area is 99.6 Å². The van der Waals surface area contributed by atoms with E-state index >= 15 is 0 Å². The largest absolute Gasteiger partial charge is 0.388 e. The van der Waals surface area contributed by atoms with Crippen molar-refractivity contribution < 1.29 is 5.11 Å². The van der Waals surface area contributed by atoms with Crippen LogP contribution in [0.4, 0.5) is 0 Å². The molecule has 1 N–H and O–H groups in total. The van der Waals surface area contributed by atoms with E-state index < -0.39 is 0 Å². The molecule has 0 radical (unpaired) electrons. The molecule has 0 aromatic heterocycles. The summed E-state index contributed by atoms with van der Waals surface area (Å²) in [6.45, 7) is 10.6. The molecule has 0 saturated carbocycles. The van der Waals surface area contributed by atoms with Gasteiger partial charge in [-0.25, -0.2) is 0 Å². The molecule has 1 aliphatic carbocycles. The average molecular weight is 220 g/mol. The van der Waals surface area contributed by atoms with Crippen LogP contribution in [0.2, 0.25) is 0 Å². The number of allylic oxidation sites excluding steroid dienone is 3. The number of hydrogen-bond donors (Lipinski definition) is 1. The summed E-state index contributed by atoms with van der Waals surface area (Å²) in [7, 11) is 0. The first kappa shape index (κ1) is 13.2. The Kier molecular flexibility index (Phi) is 5.01. The lowest BCUT2D eigenvalue weighted by Gasteiger charge is -2.18. The van der Waals surface area contributed by atoms with Gasteiger partial charge in [-0.1, -0.05) is 44.2 Å². The minimum absolute atomic E-state index is 0.384. The summed E-state index contributed by atoms with van der Waals surface area (Å²) in [6, 6.07) is 0.